The highest BCUT2D eigenvalue weighted by Crippen LogP contribution is 2.22. The number of rotatable bonds is 2. The topological polar surface area (TPSA) is 36.6 Å². The van der Waals surface area contributed by atoms with Crippen molar-refractivity contribution in [1.82, 2.24) is 0 Å². The Kier molecular flexibility index (Phi) is 2.04. The Hall–Kier alpha value is -0.960. The normalized spacial score (nSPS) is 17.2. The summed E-state index contributed by atoms with van der Waals surface area (Å²) in [7, 11) is 0. The molecular weight excluding hydrogens is 154 g/mol. The van der Waals surface area contributed by atoms with E-state index in [2.05, 4.69) is 4.90 Å². The summed E-state index contributed by atoms with van der Waals surface area (Å²) in [5.41, 5.74) is 0. The average Bonchev–Trinajstić information content (AvgIpc) is 2.75. The van der Waals surface area contributed by atoms with Gasteiger partial charge in [-0.2, -0.15) is 0 Å². The van der Waals surface area contributed by atoms with Gasteiger partial charge in [0, 0.05) is 19.2 Å². The first-order valence-electron chi connectivity index (χ1n) is 4.34. The van der Waals surface area contributed by atoms with E-state index >= 15 is 0 Å². The maximum atomic E-state index is 8.78. The van der Waals surface area contributed by atoms with E-state index in [4.69, 9.17) is 9.52 Å². The molecule has 1 aliphatic heterocycles. The monoisotopic (exact) mass is 167 g/mol. The number of furan rings is 1. The van der Waals surface area contributed by atoms with Crippen LogP contribution in [0.5, 0.6) is 0 Å². The molecule has 0 bridgehead atoms. The van der Waals surface area contributed by atoms with Gasteiger partial charge < -0.3 is 14.4 Å². The lowest BCUT2D eigenvalue weighted by molar-refractivity contribution is 0.248. The van der Waals surface area contributed by atoms with Gasteiger partial charge in [-0.3, -0.25) is 0 Å². The Morgan fingerprint density at radius 2 is 2.08 bits per heavy atom. The van der Waals surface area contributed by atoms with Crippen LogP contribution in [0.1, 0.15) is 18.6 Å². The van der Waals surface area contributed by atoms with E-state index in [9.17, 15) is 0 Å². The first-order chi connectivity index (χ1) is 5.90. The molecule has 1 aromatic heterocycles. The second-order valence-electron chi connectivity index (χ2n) is 3.09. The SMILES string of the molecule is OCc1ccc(N2CCCC2)o1. The molecule has 0 saturated carbocycles. The molecule has 0 atom stereocenters. The van der Waals surface area contributed by atoms with Gasteiger partial charge in [0.15, 0.2) is 5.88 Å². The third-order valence-corrected chi connectivity index (χ3v) is 2.22. The average molecular weight is 167 g/mol. The predicted molar refractivity (Wildman–Crippen MR) is 46.1 cm³/mol. The van der Waals surface area contributed by atoms with E-state index in [1.807, 2.05) is 12.1 Å². The third-order valence-electron chi connectivity index (χ3n) is 2.22. The van der Waals surface area contributed by atoms with Crippen LogP contribution in [-0.2, 0) is 6.61 Å². The highest BCUT2D eigenvalue weighted by atomic mass is 16.4. The summed E-state index contributed by atoms with van der Waals surface area (Å²) in [6, 6.07) is 3.75. The Morgan fingerprint density at radius 3 is 2.67 bits per heavy atom. The van der Waals surface area contributed by atoms with Gasteiger partial charge in [-0.05, 0) is 18.9 Å². The summed E-state index contributed by atoms with van der Waals surface area (Å²) in [5.74, 6) is 1.55. The highest BCUT2D eigenvalue weighted by Gasteiger charge is 2.14. The largest absolute Gasteiger partial charge is 0.443 e. The minimum absolute atomic E-state index is 0.00611. The van der Waals surface area contributed by atoms with Gasteiger partial charge in [-0.25, -0.2) is 0 Å². The van der Waals surface area contributed by atoms with E-state index in [0.717, 1.165) is 19.0 Å². The van der Waals surface area contributed by atoms with E-state index in [0.29, 0.717) is 5.76 Å². The summed E-state index contributed by atoms with van der Waals surface area (Å²) < 4.78 is 5.39. The number of hydrogen-bond donors (Lipinski definition) is 1. The molecule has 1 saturated heterocycles. The molecule has 1 N–H and O–H groups in total. The Morgan fingerprint density at radius 1 is 1.33 bits per heavy atom. The van der Waals surface area contributed by atoms with E-state index < -0.39 is 0 Å². The Balaban J connectivity index is 2.11. The zero-order valence-corrected chi connectivity index (χ0v) is 6.99. The van der Waals surface area contributed by atoms with Crippen molar-refractivity contribution in [2.45, 2.75) is 19.4 Å². The Bertz CT molecular complexity index is 251. The molecule has 1 aromatic rings. The lowest BCUT2D eigenvalue weighted by Gasteiger charge is -2.12. The standard InChI is InChI=1S/C9H13NO2/c11-7-8-3-4-9(12-8)10-5-1-2-6-10/h3-4,11H,1-2,5-7H2. The van der Waals surface area contributed by atoms with Crippen LogP contribution >= 0.6 is 0 Å². The number of hydrogen-bond acceptors (Lipinski definition) is 3. The van der Waals surface area contributed by atoms with E-state index in [1.165, 1.54) is 12.8 Å². The molecule has 66 valence electrons. The maximum absolute atomic E-state index is 8.78. The summed E-state index contributed by atoms with van der Waals surface area (Å²) in [6.07, 6.45) is 2.49. The van der Waals surface area contributed by atoms with Crippen LogP contribution < -0.4 is 4.90 Å². The quantitative estimate of drug-likeness (QED) is 0.722. The predicted octanol–water partition coefficient (Wildman–Crippen LogP) is 1.37. The van der Waals surface area contributed by atoms with Crippen molar-refractivity contribution in [1.29, 1.82) is 0 Å². The molecular formula is C9H13NO2. The van der Waals surface area contributed by atoms with Gasteiger partial charge in [0.1, 0.15) is 12.4 Å². The first kappa shape index (κ1) is 7.68. The summed E-state index contributed by atoms with van der Waals surface area (Å²) in [4.78, 5) is 2.21. The maximum Gasteiger partial charge on any atom is 0.195 e. The van der Waals surface area contributed by atoms with Crippen molar-refractivity contribution in [3.8, 4) is 0 Å². The van der Waals surface area contributed by atoms with Crippen molar-refractivity contribution in [2.24, 2.45) is 0 Å². The molecule has 2 heterocycles. The molecule has 0 aliphatic carbocycles. The van der Waals surface area contributed by atoms with Crippen LogP contribution in [-0.4, -0.2) is 18.2 Å². The van der Waals surface area contributed by atoms with Crippen LogP contribution in [0.3, 0.4) is 0 Å². The molecule has 12 heavy (non-hydrogen) atoms. The second-order valence-corrected chi connectivity index (χ2v) is 3.09. The molecule has 0 radical (unpaired) electrons. The van der Waals surface area contributed by atoms with Crippen molar-refractivity contribution in [2.75, 3.05) is 18.0 Å². The minimum Gasteiger partial charge on any atom is -0.443 e. The molecule has 0 aromatic carbocycles. The van der Waals surface area contributed by atoms with Crippen LogP contribution in [0.4, 0.5) is 5.88 Å². The van der Waals surface area contributed by atoms with Gasteiger partial charge in [-0.15, -0.1) is 0 Å². The molecule has 3 nitrogen and oxygen atoms in total. The summed E-state index contributed by atoms with van der Waals surface area (Å²) >= 11 is 0. The van der Waals surface area contributed by atoms with Crippen molar-refractivity contribution in [3.05, 3.63) is 17.9 Å². The smallest absolute Gasteiger partial charge is 0.195 e. The lowest BCUT2D eigenvalue weighted by atomic mass is 10.4. The van der Waals surface area contributed by atoms with Crippen LogP contribution in [0.25, 0.3) is 0 Å². The zero-order chi connectivity index (χ0) is 8.39. The van der Waals surface area contributed by atoms with Gasteiger partial charge in [0.2, 0.25) is 0 Å². The van der Waals surface area contributed by atoms with Gasteiger partial charge in [0.05, 0.1) is 0 Å². The van der Waals surface area contributed by atoms with Gasteiger partial charge in [0.25, 0.3) is 0 Å². The molecule has 1 aliphatic rings. The fourth-order valence-corrected chi connectivity index (χ4v) is 1.56. The van der Waals surface area contributed by atoms with E-state index in [-0.39, 0.29) is 6.61 Å². The number of nitrogens with zero attached hydrogens (tertiary/aromatic N) is 1. The van der Waals surface area contributed by atoms with Crippen LogP contribution in [0.2, 0.25) is 0 Å². The van der Waals surface area contributed by atoms with E-state index in [1.54, 1.807) is 0 Å². The number of anilines is 1. The minimum atomic E-state index is -0.00611. The fourth-order valence-electron chi connectivity index (χ4n) is 1.56. The van der Waals surface area contributed by atoms with Gasteiger partial charge in [-0.1, -0.05) is 0 Å². The molecule has 0 unspecified atom stereocenters. The van der Waals surface area contributed by atoms with Crippen molar-refractivity contribution in [3.63, 3.8) is 0 Å². The second kappa shape index (κ2) is 3.19. The number of aliphatic hydroxyl groups is 1. The summed E-state index contributed by atoms with van der Waals surface area (Å²) in [5, 5.41) is 8.78. The molecule has 2 rings (SSSR count). The highest BCUT2D eigenvalue weighted by molar-refractivity contribution is 5.37. The molecule has 3 heteroatoms. The van der Waals surface area contributed by atoms with Crippen LogP contribution in [0, 0.1) is 0 Å². The Labute approximate surface area is 71.6 Å². The van der Waals surface area contributed by atoms with Crippen LogP contribution in [0.15, 0.2) is 16.5 Å². The zero-order valence-electron chi connectivity index (χ0n) is 6.99. The fraction of sp³-hybridized carbons (Fsp3) is 0.556. The van der Waals surface area contributed by atoms with Crippen molar-refractivity contribution >= 4 is 5.88 Å². The lowest BCUT2D eigenvalue weighted by Crippen LogP contribution is -2.16. The third kappa shape index (κ3) is 1.32. The molecule has 0 spiro atoms. The number of aliphatic hydroxyl groups excluding tert-OH is 1. The molecule has 1 fully saturated rings. The summed E-state index contributed by atoms with van der Waals surface area (Å²) in [6.45, 7) is 2.16. The van der Waals surface area contributed by atoms with Gasteiger partial charge >= 0.3 is 0 Å². The first-order valence-corrected chi connectivity index (χ1v) is 4.34. The molecule has 0 amide bonds. The van der Waals surface area contributed by atoms with Crippen molar-refractivity contribution < 1.29 is 9.52 Å².